The van der Waals surface area contributed by atoms with Crippen molar-refractivity contribution in [2.75, 3.05) is 14.2 Å². The van der Waals surface area contributed by atoms with Crippen molar-refractivity contribution in [2.24, 2.45) is 4.99 Å². The number of pyridine rings is 1. The molecule has 1 aliphatic rings. The molecule has 8 heteroatoms. The van der Waals surface area contributed by atoms with E-state index in [1.54, 1.807) is 31.5 Å². The van der Waals surface area contributed by atoms with Crippen LogP contribution in [0.5, 0.6) is 11.6 Å². The Morgan fingerprint density at radius 2 is 2.04 bits per heavy atom. The molecule has 1 aromatic carbocycles. The topological polar surface area (TPSA) is 84.5 Å². The van der Waals surface area contributed by atoms with Crippen LogP contribution < -0.4 is 15.0 Å². The Hall–Kier alpha value is -3.68. The number of nitrogens with one attached hydrogen (secondary N) is 1. The minimum Gasteiger partial charge on any atom is -0.497 e. The first kappa shape index (κ1) is 16.8. The van der Waals surface area contributed by atoms with E-state index in [4.69, 9.17) is 9.47 Å². The fourth-order valence-electron chi connectivity index (χ4n) is 2.83. The monoisotopic (exact) mass is 364 g/mol. The second-order valence-corrected chi connectivity index (χ2v) is 6.01. The Bertz CT molecular complexity index is 1100. The molecule has 0 bridgehead atoms. The molecule has 0 saturated heterocycles. The summed E-state index contributed by atoms with van der Waals surface area (Å²) in [6, 6.07) is 14.3. The predicted molar refractivity (Wildman–Crippen MR) is 100 cm³/mol. The summed E-state index contributed by atoms with van der Waals surface area (Å²) in [4.78, 5) is 18.8. The van der Waals surface area contributed by atoms with Crippen LogP contribution >= 0.6 is 0 Å². The molecule has 1 aliphatic heterocycles. The highest BCUT2D eigenvalue weighted by atomic mass is 16.5. The Labute approximate surface area is 155 Å². The smallest absolute Gasteiger partial charge is 0.287 e. The molecule has 27 heavy (non-hydrogen) atoms. The summed E-state index contributed by atoms with van der Waals surface area (Å²) in [5.41, 5.74) is 0.806. The van der Waals surface area contributed by atoms with Crippen LogP contribution in [0.3, 0.4) is 0 Å². The van der Waals surface area contributed by atoms with Crippen LogP contribution in [-0.2, 0) is 0 Å². The first-order valence-electron chi connectivity index (χ1n) is 8.34. The SMILES string of the molecule is COc1cccc(C2N=C(Oc3ccn(-c4cccc(=O)[nH]4)n3)C=[N+]2C)c1. The molecule has 1 atom stereocenters. The van der Waals surface area contributed by atoms with E-state index in [0.717, 1.165) is 11.3 Å². The van der Waals surface area contributed by atoms with Gasteiger partial charge < -0.3 is 14.5 Å². The van der Waals surface area contributed by atoms with Crippen molar-refractivity contribution < 1.29 is 14.0 Å². The van der Waals surface area contributed by atoms with Crippen molar-refractivity contribution in [1.29, 1.82) is 0 Å². The van der Waals surface area contributed by atoms with E-state index in [0.29, 0.717) is 17.6 Å². The molecule has 8 nitrogen and oxygen atoms in total. The summed E-state index contributed by atoms with van der Waals surface area (Å²) in [5, 5.41) is 4.32. The largest absolute Gasteiger partial charge is 0.497 e. The van der Waals surface area contributed by atoms with Crippen molar-refractivity contribution in [2.45, 2.75) is 6.17 Å². The van der Waals surface area contributed by atoms with Gasteiger partial charge in [0.05, 0.1) is 7.11 Å². The Morgan fingerprint density at radius 1 is 1.19 bits per heavy atom. The Kier molecular flexibility index (Phi) is 4.29. The summed E-state index contributed by atoms with van der Waals surface area (Å²) >= 11 is 0. The van der Waals surface area contributed by atoms with Gasteiger partial charge in [-0.05, 0) is 24.3 Å². The van der Waals surface area contributed by atoms with Gasteiger partial charge in [-0.3, -0.25) is 4.79 Å². The van der Waals surface area contributed by atoms with Crippen LogP contribution in [0.4, 0.5) is 0 Å². The third-order valence-corrected chi connectivity index (χ3v) is 4.11. The standard InChI is InChI=1S/C19H17N5O3/c1-23-12-18(21-19(23)13-5-3-6-14(11-13)26-2)27-17-9-10-24(22-17)15-7-4-8-16(25)20-15/h3-12,19H,1-2H3/p+1. The fraction of sp³-hybridized carbons (Fsp3) is 0.158. The van der Waals surface area contributed by atoms with E-state index in [1.807, 2.05) is 42.1 Å². The van der Waals surface area contributed by atoms with E-state index in [-0.39, 0.29) is 11.7 Å². The number of hydrogen-bond donors (Lipinski definition) is 1. The van der Waals surface area contributed by atoms with Crippen LogP contribution in [0.2, 0.25) is 0 Å². The minimum absolute atomic E-state index is 0.192. The molecule has 0 fully saturated rings. The second-order valence-electron chi connectivity index (χ2n) is 6.01. The van der Waals surface area contributed by atoms with Crippen molar-refractivity contribution in [3.63, 3.8) is 0 Å². The van der Waals surface area contributed by atoms with Crippen LogP contribution in [0.15, 0.2) is 64.5 Å². The van der Waals surface area contributed by atoms with Crippen LogP contribution in [0.1, 0.15) is 11.7 Å². The van der Waals surface area contributed by atoms with Gasteiger partial charge in [0.2, 0.25) is 17.7 Å². The van der Waals surface area contributed by atoms with E-state index in [2.05, 4.69) is 15.1 Å². The molecule has 0 radical (unpaired) electrons. The summed E-state index contributed by atoms with van der Waals surface area (Å²) < 4.78 is 14.6. The number of methoxy groups -OCH3 is 1. The minimum atomic E-state index is -0.193. The maximum atomic E-state index is 11.4. The number of aliphatic imine (C=N–C) groups is 1. The van der Waals surface area contributed by atoms with Gasteiger partial charge in [-0.1, -0.05) is 12.1 Å². The molecule has 1 N–H and O–H groups in total. The Balaban J connectivity index is 1.54. The van der Waals surface area contributed by atoms with Crippen molar-refractivity contribution in [1.82, 2.24) is 14.8 Å². The van der Waals surface area contributed by atoms with Gasteiger partial charge in [-0.15, -0.1) is 5.10 Å². The van der Waals surface area contributed by atoms with E-state index < -0.39 is 0 Å². The number of aromatic nitrogens is 3. The normalized spacial score (nSPS) is 16.0. The molecule has 0 saturated carbocycles. The number of H-pyrrole nitrogens is 1. The van der Waals surface area contributed by atoms with Crippen LogP contribution in [-0.4, -0.2) is 45.6 Å². The summed E-state index contributed by atoms with van der Waals surface area (Å²) in [6.45, 7) is 0. The summed E-state index contributed by atoms with van der Waals surface area (Å²) in [5.74, 6) is 2.17. The van der Waals surface area contributed by atoms with Gasteiger partial charge in [-0.2, -0.15) is 4.99 Å². The van der Waals surface area contributed by atoms with E-state index in [9.17, 15) is 4.79 Å². The Morgan fingerprint density at radius 3 is 2.85 bits per heavy atom. The lowest BCUT2D eigenvalue weighted by Crippen LogP contribution is -2.12. The van der Waals surface area contributed by atoms with Crippen molar-refractivity contribution >= 4 is 12.1 Å². The van der Waals surface area contributed by atoms with Gasteiger partial charge in [0.15, 0.2) is 0 Å². The third kappa shape index (κ3) is 3.50. The third-order valence-electron chi connectivity index (χ3n) is 4.11. The maximum absolute atomic E-state index is 11.4. The quantitative estimate of drug-likeness (QED) is 0.715. The molecular formula is C19H18N5O3+. The lowest BCUT2D eigenvalue weighted by molar-refractivity contribution is -0.533. The average molecular weight is 364 g/mol. The highest BCUT2D eigenvalue weighted by molar-refractivity contribution is 6.25. The number of ether oxygens (including phenoxy) is 2. The fourth-order valence-corrected chi connectivity index (χ4v) is 2.83. The van der Waals surface area contributed by atoms with Gasteiger partial charge >= 0.3 is 0 Å². The molecule has 0 spiro atoms. The van der Waals surface area contributed by atoms with E-state index >= 15 is 0 Å². The number of nitrogens with zero attached hydrogens (tertiary/aromatic N) is 4. The molecule has 0 aliphatic carbocycles. The first-order valence-corrected chi connectivity index (χ1v) is 8.34. The first-order chi connectivity index (χ1) is 13.1. The molecular weight excluding hydrogens is 346 g/mol. The zero-order chi connectivity index (χ0) is 18.8. The molecule has 0 amide bonds. The van der Waals surface area contributed by atoms with Gasteiger partial charge in [0.1, 0.15) is 18.6 Å². The molecule has 136 valence electrons. The number of rotatable bonds is 4. The average Bonchev–Trinajstić information content (AvgIpc) is 3.28. The summed E-state index contributed by atoms with van der Waals surface area (Å²) in [7, 11) is 3.56. The van der Waals surface area contributed by atoms with Crippen LogP contribution in [0.25, 0.3) is 5.82 Å². The number of benzene rings is 1. The van der Waals surface area contributed by atoms with Crippen molar-refractivity contribution in [3.05, 3.63) is 70.6 Å². The molecule has 4 rings (SSSR count). The van der Waals surface area contributed by atoms with E-state index in [1.165, 1.54) is 10.7 Å². The second kappa shape index (κ2) is 6.91. The highest BCUT2D eigenvalue weighted by Gasteiger charge is 2.28. The van der Waals surface area contributed by atoms with Gasteiger partial charge in [0.25, 0.3) is 12.1 Å². The predicted octanol–water partition coefficient (Wildman–Crippen LogP) is 1.77. The van der Waals surface area contributed by atoms with Crippen LogP contribution in [0, 0.1) is 0 Å². The zero-order valence-corrected chi connectivity index (χ0v) is 14.9. The lowest BCUT2D eigenvalue weighted by Gasteiger charge is -2.06. The number of aromatic amines is 1. The molecule has 1 unspecified atom stereocenters. The number of hydrogen-bond acceptors (Lipinski definition) is 5. The molecule has 3 aromatic rings. The maximum Gasteiger partial charge on any atom is 0.287 e. The van der Waals surface area contributed by atoms with Crippen molar-refractivity contribution in [3.8, 4) is 17.4 Å². The lowest BCUT2D eigenvalue weighted by atomic mass is 10.1. The molecule has 2 aromatic heterocycles. The van der Waals surface area contributed by atoms with Gasteiger partial charge in [-0.25, -0.2) is 9.26 Å². The van der Waals surface area contributed by atoms with Gasteiger partial charge in [0, 0.05) is 23.9 Å². The summed E-state index contributed by atoms with van der Waals surface area (Å²) in [6.07, 6.45) is 3.33. The highest BCUT2D eigenvalue weighted by Crippen LogP contribution is 2.25. The molecule has 3 heterocycles. The zero-order valence-electron chi connectivity index (χ0n) is 14.9.